The number of anilines is 1. The van der Waals surface area contributed by atoms with E-state index in [0.29, 0.717) is 5.82 Å². The fourth-order valence-corrected chi connectivity index (χ4v) is 2.02. The summed E-state index contributed by atoms with van der Waals surface area (Å²) in [6.45, 7) is 4.07. The molecule has 0 aliphatic heterocycles. The summed E-state index contributed by atoms with van der Waals surface area (Å²) in [6.07, 6.45) is 0.924. The van der Waals surface area contributed by atoms with E-state index < -0.39 is 0 Å². The Balaban J connectivity index is 2.54. The zero-order valence-electron chi connectivity index (χ0n) is 10.4. The third kappa shape index (κ3) is 1.98. The Hall–Kier alpha value is -1.97. The van der Waals surface area contributed by atoms with Crippen LogP contribution in [0.15, 0.2) is 18.2 Å². The van der Waals surface area contributed by atoms with Crippen LogP contribution in [0.4, 0.5) is 5.82 Å². The lowest BCUT2D eigenvalue weighted by atomic mass is 10.0. The number of benzene rings is 1. The van der Waals surface area contributed by atoms with Crippen LogP contribution in [0.3, 0.4) is 0 Å². The summed E-state index contributed by atoms with van der Waals surface area (Å²) in [7, 11) is 1.69. The number of hydrogen-bond acceptors (Lipinski definition) is 3. The van der Waals surface area contributed by atoms with Crippen LogP contribution in [0.1, 0.15) is 18.2 Å². The van der Waals surface area contributed by atoms with Gasteiger partial charge in [0.25, 0.3) is 0 Å². The van der Waals surface area contributed by atoms with Crippen molar-refractivity contribution in [3.05, 3.63) is 29.5 Å². The van der Waals surface area contributed by atoms with Crippen LogP contribution in [-0.2, 0) is 6.42 Å². The lowest BCUT2D eigenvalue weighted by Gasteiger charge is -2.09. The average molecular weight is 231 g/mol. The third-order valence-electron chi connectivity index (χ3n) is 2.93. The van der Waals surface area contributed by atoms with Crippen molar-refractivity contribution < 1.29 is 4.74 Å². The molecule has 0 radical (unpaired) electrons. The van der Waals surface area contributed by atoms with Crippen molar-refractivity contribution in [2.75, 3.05) is 12.8 Å². The zero-order chi connectivity index (χ0) is 12.4. The minimum Gasteiger partial charge on any atom is -0.496 e. The number of H-pyrrole nitrogens is 1. The smallest absolute Gasteiger partial charge is 0.153 e. The van der Waals surface area contributed by atoms with Crippen molar-refractivity contribution in [1.82, 2.24) is 10.2 Å². The molecule has 4 heteroatoms. The van der Waals surface area contributed by atoms with Gasteiger partial charge in [-0.25, -0.2) is 0 Å². The summed E-state index contributed by atoms with van der Waals surface area (Å²) >= 11 is 0. The highest BCUT2D eigenvalue weighted by molar-refractivity contribution is 5.77. The Labute approximate surface area is 101 Å². The lowest BCUT2D eigenvalue weighted by Crippen LogP contribution is -1.93. The third-order valence-corrected chi connectivity index (χ3v) is 2.93. The van der Waals surface area contributed by atoms with Crippen molar-refractivity contribution in [2.24, 2.45) is 0 Å². The molecular formula is C13H17N3O. The maximum Gasteiger partial charge on any atom is 0.153 e. The van der Waals surface area contributed by atoms with Gasteiger partial charge in [0.1, 0.15) is 5.75 Å². The Morgan fingerprint density at radius 2 is 2.18 bits per heavy atom. The summed E-state index contributed by atoms with van der Waals surface area (Å²) in [5, 5.41) is 6.91. The van der Waals surface area contributed by atoms with E-state index in [9.17, 15) is 0 Å². The van der Waals surface area contributed by atoms with Crippen LogP contribution in [0, 0.1) is 6.92 Å². The number of nitrogens with two attached hydrogens (primary N) is 1. The molecule has 17 heavy (non-hydrogen) atoms. The average Bonchev–Trinajstić information content (AvgIpc) is 2.68. The van der Waals surface area contributed by atoms with Gasteiger partial charge in [0.05, 0.1) is 7.11 Å². The number of ether oxygens (including phenoxy) is 1. The first-order valence-corrected chi connectivity index (χ1v) is 5.65. The minimum atomic E-state index is 0.537. The molecule has 0 fully saturated rings. The van der Waals surface area contributed by atoms with Crippen molar-refractivity contribution in [3.8, 4) is 16.9 Å². The fourth-order valence-electron chi connectivity index (χ4n) is 2.02. The Morgan fingerprint density at radius 3 is 2.71 bits per heavy atom. The zero-order valence-corrected chi connectivity index (χ0v) is 10.4. The van der Waals surface area contributed by atoms with E-state index in [1.54, 1.807) is 7.11 Å². The first kappa shape index (κ1) is 11.5. The van der Waals surface area contributed by atoms with Gasteiger partial charge in [0, 0.05) is 11.3 Å². The van der Waals surface area contributed by atoms with Crippen LogP contribution in [0.2, 0.25) is 0 Å². The predicted octanol–water partition coefficient (Wildman–Crippen LogP) is 2.54. The van der Waals surface area contributed by atoms with Gasteiger partial charge in [-0.2, -0.15) is 5.10 Å². The quantitative estimate of drug-likeness (QED) is 0.853. The number of aromatic nitrogens is 2. The molecular weight excluding hydrogens is 214 g/mol. The van der Waals surface area contributed by atoms with Gasteiger partial charge < -0.3 is 10.5 Å². The molecule has 3 N–H and O–H groups in total. The number of rotatable bonds is 3. The summed E-state index contributed by atoms with van der Waals surface area (Å²) in [5.74, 6) is 1.45. The van der Waals surface area contributed by atoms with Gasteiger partial charge in [-0.15, -0.1) is 0 Å². The summed E-state index contributed by atoms with van der Waals surface area (Å²) < 4.78 is 5.31. The second-order valence-corrected chi connectivity index (χ2v) is 3.99. The van der Waals surface area contributed by atoms with E-state index >= 15 is 0 Å². The summed E-state index contributed by atoms with van der Waals surface area (Å²) in [5.41, 5.74) is 10.1. The lowest BCUT2D eigenvalue weighted by molar-refractivity contribution is 0.410. The molecule has 1 aromatic carbocycles. The van der Waals surface area contributed by atoms with E-state index in [2.05, 4.69) is 23.2 Å². The SMILES string of the molecule is CCc1cc(-c2c(N)n[nH]c2C)ccc1OC. The highest BCUT2D eigenvalue weighted by Gasteiger charge is 2.11. The molecule has 0 bridgehead atoms. The molecule has 0 unspecified atom stereocenters. The van der Waals surface area contributed by atoms with Crippen molar-refractivity contribution >= 4 is 5.82 Å². The van der Waals surface area contributed by atoms with Crippen LogP contribution in [0.25, 0.3) is 11.1 Å². The normalized spacial score (nSPS) is 10.5. The molecule has 0 aliphatic rings. The van der Waals surface area contributed by atoms with E-state index in [4.69, 9.17) is 10.5 Å². The molecule has 0 amide bonds. The van der Waals surface area contributed by atoms with Crippen LogP contribution < -0.4 is 10.5 Å². The van der Waals surface area contributed by atoms with Gasteiger partial charge in [-0.3, -0.25) is 5.10 Å². The predicted molar refractivity (Wildman–Crippen MR) is 69.1 cm³/mol. The Morgan fingerprint density at radius 1 is 1.41 bits per heavy atom. The van der Waals surface area contributed by atoms with Crippen LogP contribution in [0.5, 0.6) is 5.75 Å². The largest absolute Gasteiger partial charge is 0.496 e. The van der Waals surface area contributed by atoms with E-state index in [1.807, 2.05) is 19.1 Å². The van der Waals surface area contributed by atoms with E-state index in [-0.39, 0.29) is 0 Å². The number of methoxy groups -OCH3 is 1. The molecule has 90 valence electrons. The van der Waals surface area contributed by atoms with Crippen LogP contribution in [-0.4, -0.2) is 17.3 Å². The molecule has 2 rings (SSSR count). The van der Waals surface area contributed by atoms with Crippen molar-refractivity contribution in [3.63, 3.8) is 0 Å². The van der Waals surface area contributed by atoms with Gasteiger partial charge >= 0.3 is 0 Å². The monoisotopic (exact) mass is 231 g/mol. The van der Waals surface area contributed by atoms with Crippen LogP contribution >= 0.6 is 0 Å². The summed E-state index contributed by atoms with van der Waals surface area (Å²) in [4.78, 5) is 0. The number of aryl methyl sites for hydroxylation is 2. The molecule has 0 saturated heterocycles. The first-order valence-electron chi connectivity index (χ1n) is 5.65. The standard InChI is InChI=1S/C13H17N3O/c1-4-9-7-10(5-6-11(9)17-3)12-8(2)15-16-13(12)14/h5-7H,4H2,1-3H3,(H3,14,15,16). The maximum atomic E-state index is 5.86. The van der Waals surface area contributed by atoms with Gasteiger partial charge in [-0.1, -0.05) is 13.0 Å². The highest BCUT2D eigenvalue weighted by Crippen LogP contribution is 2.31. The Bertz CT molecular complexity index is 512. The topological polar surface area (TPSA) is 63.9 Å². The van der Waals surface area contributed by atoms with Gasteiger partial charge in [-0.05, 0) is 36.6 Å². The Kier molecular flexibility index (Phi) is 3.04. The molecule has 2 aromatic rings. The maximum absolute atomic E-state index is 5.86. The first-order chi connectivity index (χ1) is 8.17. The number of nitrogen functional groups attached to an aromatic ring is 1. The highest BCUT2D eigenvalue weighted by atomic mass is 16.5. The molecule has 1 heterocycles. The van der Waals surface area contributed by atoms with E-state index in [0.717, 1.165) is 29.0 Å². The van der Waals surface area contributed by atoms with Crippen molar-refractivity contribution in [1.29, 1.82) is 0 Å². The fraction of sp³-hybridized carbons (Fsp3) is 0.308. The molecule has 0 atom stereocenters. The molecule has 0 spiro atoms. The van der Waals surface area contributed by atoms with E-state index in [1.165, 1.54) is 5.56 Å². The summed E-state index contributed by atoms with van der Waals surface area (Å²) in [6, 6.07) is 6.08. The number of hydrogen-bond donors (Lipinski definition) is 2. The van der Waals surface area contributed by atoms with Crippen molar-refractivity contribution in [2.45, 2.75) is 20.3 Å². The number of aromatic amines is 1. The molecule has 4 nitrogen and oxygen atoms in total. The molecule has 0 aliphatic carbocycles. The number of nitrogens with zero attached hydrogens (tertiary/aromatic N) is 1. The number of nitrogens with one attached hydrogen (secondary N) is 1. The molecule has 1 aromatic heterocycles. The second-order valence-electron chi connectivity index (χ2n) is 3.99. The molecule has 0 saturated carbocycles. The second kappa shape index (κ2) is 4.49. The minimum absolute atomic E-state index is 0.537. The van der Waals surface area contributed by atoms with Gasteiger partial charge in [0.2, 0.25) is 0 Å². The van der Waals surface area contributed by atoms with Gasteiger partial charge in [0.15, 0.2) is 5.82 Å².